The molecule has 0 radical (unpaired) electrons. The molecule has 1 saturated heterocycles. The lowest BCUT2D eigenvalue weighted by molar-refractivity contribution is 0.00401. The van der Waals surface area contributed by atoms with E-state index in [1.165, 1.54) is 6.42 Å². The molecule has 1 aromatic carbocycles. The highest BCUT2D eigenvalue weighted by Gasteiger charge is 2.15. The van der Waals surface area contributed by atoms with Gasteiger partial charge in [0.2, 0.25) is 0 Å². The van der Waals surface area contributed by atoms with E-state index < -0.39 is 0 Å². The van der Waals surface area contributed by atoms with Gasteiger partial charge in [-0.2, -0.15) is 5.10 Å². The predicted octanol–water partition coefficient (Wildman–Crippen LogP) is 2.70. The fourth-order valence-electron chi connectivity index (χ4n) is 2.48. The maximum absolute atomic E-state index is 12.0. The number of hydrogen-bond acceptors (Lipinski definition) is 3. The van der Waals surface area contributed by atoms with Gasteiger partial charge in [-0.15, -0.1) is 0 Å². The number of hydrogen-bond donors (Lipinski definition) is 1. The number of nitrogens with zero attached hydrogens (tertiary/aromatic N) is 2. The summed E-state index contributed by atoms with van der Waals surface area (Å²) in [6, 6.07) is 9.15. The maximum Gasteiger partial charge on any atom is 0.255 e. The Kier molecular flexibility index (Phi) is 4.31. The molecule has 3 rings (SSSR count). The molecule has 1 aliphatic heterocycles. The van der Waals surface area contributed by atoms with Gasteiger partial charge < -0.3 is 10.1 Å². The van der Waals surface area contributed by atoms with Crippen LogP contribution in [0.4, 0.5) is 5.69 Å². The summed E-state index contributed by atoms with van der Waals surface area (Å²) < 4.78 is 7.52. The molecule has 1 fully saturated rings. The van der Waals surface area contributed by atoms with Crippen molar-refractivity contribution in [3.63, 3.8) is 0 Å². The molecule has 5 heteroatoms. The molecule has 5 nitrogen and oxygen atoms in total. The van der Waals surface area contributed by atoms with Gasteiger partial charge in [0, 0.05) is 18.4 Å². The summed E-state index contributed by atoms with van der Waals surface area (Å²) >= 11 is 0. The fraction of sp³-hybridized carbons (Fsp3) is 0.375. The van der Waals surface area contributed by atoms with Gasteiger partial charge in [0.25, 0.3) is 5.91 Å². The number of carbonyl (C=O) groups excluding carboxylic acids is 1. The highest BCUT2D eigenvalue weighted by atomic mass is 16.5. The smallest absolute Gasteiger partial charge is 0.255 e. The molecular weight excluding hydrogens is 266 g/mol. The third kappa shape index (κ3) is 3.70. The van der Waals surface area contributed by atoms with Gasteiger partial charge in [0.15, 0.2) is 0 Å². The lowest BCUT2D eigenvalue weighted by atomic mass is 10.1. The zero-order chi connectivity index (χ0) is 14.5. The minimum absolute atomic E-state index is 0.121. The zero-order valence-corrected chi connectivity index (χ0v) is 11.9. The molecule has 1 atom stereocenters. The number of benzene rings is 1. The van der Waals surface area contributed by atoms with E-state index in [9.17, 15) is 4.79 Å². The number of amides is 1. The number of anilines is 1. The van der Waals surface area contributed by atoms with Crippen molar-refractivity contribution in [1.82, 2.24) is 9.78 Å². The summed E-state index contributed by atoms with van der Waals surface area (Å²) in [6.07, 6.45) is 7.18. The van der Waals surface area contributed by atoms with E-state index in [0.717, 1.165) is 26.0 Å². The summed E-state index contributed by atoms with van der Waals surface area (Å²) in [5.41, 5.74) is 1.35. The van der Waals surface area contributed by atoms with Crippen LogP contribution in [0.3, 0.4) is 0 Å². The van der Waals surface area contributed by atoms with Gasteiger partial charge in [-0.3, -0.25) is 9.48 Å². The summed E-state index contributed by atoms with van der Waals surface area (Å²) in [5, 5.41) is 7.13. The minimum atomic E-state index is -0.121. The first-order valence-electron chi connectivity index (χ1n) is 7.32. The van der Waals surface area contributed by atoms with Crippen LogP contribution in [0.15, 0.2) is 42.7 Å². The molecule has 0 saturated carbocycles. The molecule has 0 bridgehead atoms. The summed E-state index contributed by atoms with van der Waals surface area (Å²) in [6.45, 7) is 1.57. The van der Waals surface area contributed by atoms with Gasteiger partial charge in [-0.1, -0.05) is 18.2 Å². The quantitative estimate of drug-likeness (QED) is 0.939. The highest BCUT2D eigenvalue weighted by Crippen LogP contribution is 2.15. The van der Waals surface area contributed by atoms with Crippen LogP contribution in [0.25, 0.3) is 0 Å². The fourth-order valence-corrected chi connectivity index (χ4v) is 2.48. The molecule has 1 N–H and O–H groups in total. The molecule has 2 aromatic rings. The van der Waals surface area contributed by atoms with Crippen molar-refractivity contribution in [3.05, 3.63) is 48.3 Å². The molecule has 0 spiro atoms. The van der Waals surface area contributed by atoms with E-state index in [-0.39, 0.29) is 12.0 Å². The highest BCUT2D eigenvalue weighted by molar-refractivity contribution is 6.04. The maximum atomic E-state index is 12.0. The van der Waals surface area contributed by atoms with Crippen LogP contribution in [0.5, 0.6) is 0 Å². The third-order valence-corrected chi connectivity index (χ3v) is 3.59. The Balaban J connectivity index is 1.58. The number of rotatable bonds is 4. The first kappa shape index (κ1) is 13.8. The Morgan fingerprint density at radius 1 is 1.33 bits per heavy atom. The van der Waals surface area contributed by atoms with Crippen LogP contribution in [-0.4, -0.2) is 28.4 Å². The number of carbonyl (C=O) groups is 1. The molecule has 0 aliphatic carbocycles. The third-order valence-electron chi connectivity index (χ3n) is 3.59. The summed E-state index contributed by atoms with van der Waals surface area (Å²) in [7, 11) is 0. The second-order valence-electron chi connectivity index (χ2n) is 5.26. The molecule has 1 amide bonds. The topological polar surface area (TPSA) is 56.2 Å². The summed E-state index contributed by atoms with van der Waals surface area (Å²) in [4.78, 5) is 12.0. The molecule has 21 heavy (non-hydrogen) atoms. The van der Waals surface area contributed by atoms with Gasteiger partial charge in [-0.05, 0) is 31.4 Å². The van der Waals surface area contributed by atoms with Crippen molar-refractivity contribution in [2.75, 3.05) is 11.9 Å². The standard InChI is InChI=1S/C16H19N3O2/c20-16(13-6-2-1-3-7-13)18-14-10-17-19(11-14)12-15-8-4-5-9-21-15/h1-3,6-7,10-11,15H,4-5,8-9,12H2,(H,18,20). The van der Waals surface area contributed by atoms with Gasteiger partial charge >= 0.3 is 0 Å². The lowest BCUT2D eigenvalue weighted by Crippen LogP contribution is -2.24. The largest absolute Gasteiger partial charge is 0.376 e. The number of aromatic nitrogens is 2. The molecule has 1 unspecified atom stereocenters. The number of ether oxygens (including phenoxy) is 1. The average molecular weight is 285 g/mol. The molecule has 1 aromatic heterocycles. The van der Waals surface area contributed by atoms with E-state index >= 15 is 0 Å². The number of nitrogens with one attached hydrogen (secondary N) is 1. The van der Waals surface area contributed by atoms with Crippen molar-refractivity contribution in [1.29, 1.82) is 0 Å². The van der Waals surface area contributed by atoms with E-state index in [2.05, 4.69) is 10.4 Å². The van der Waals surface area contributed by atoms with Gasteiger partial charge in [0.1, 0.15) is 0 Å². The molecule has 1 aliphatic rings. The lowest BCUT2D eigenvalue weighted by Gasteiger charge is -2.22. The summed E-state index contributed by atoms with van der Waals surface area (Å²) in [5.74, 6) is -0.121. The first-order chi connectivity index (χ1) is 10.3. The monoisotopic (exact) mass is 285 g/mol. The van der Waals surface area contributed by atoms with Crippen LogP contribution < -0.4 is 5.32 Å². The van der Waals surface area contributed by atoms with Crippen LogP contribution in [0.1, 0.15) is 29.6 Å². The van der Waals surface area contributed by atoms with E-state index in [1.54, 1.807) is 18.3 Å². The van der Waals surface area contributed by atoms with E-state index in [1.807, 2.05) is 29.1 Å². The van der Waals surface area contributed by atoms with Crippen molar-refractivity contribution < 1.29 is 9.53 Å². The Hall–Kier alpha value is -2.14. The Morgan fingerprint density at radius 3 is 2.95 bits per heavy atom. The molecule has 2 heterocycles. The van der Waals surface area contributed by atoms with Gasteiger partial charge in [-0.25, -0.2) is 0 Å². The van der Waals surface area contributed by atoms with Crippen LogP contribution in [-0.2, 0) is 11.3 Å². The second-order valence-corrected chi connectivity index (χ2v) is 5.26. The van der Waals surface area contributed by atoms with Crippen molar-refractivity contribution in [2.45, 2.75) is 31.9 Å². The van der Waals surface area contributed by atoms with E-state index in [0.29, 0.717) is 11.3 Å². The molecular formula is C16H19N3O2. The van der Waals surface area contributed by atoms with Crippen molar-refractivity contribution >= 4 is 11.6 Å². The van der Waals surface area contributed by atoms with Crippen LogP contribution in [0.2, 0.25) is 0 Å². The van der Waals surface area contributed by atoms with Crippen molar-refractivity contribution in [2.24, 2.45) is 0 Å². The average Bonchev–Trinajstić information content (AvgIpc) is 2.96. The minimum Gasteiger partial charge on any atom is -0.376 e. The van der Waals surface area contributed by atoms with Crippen molar-refractivity contribution in [3.8, 4) is 0 Å². The second kappa shape index (κ2) is 6.54. The molecule has 110 valence electrons. The van der Waals surface area contributed by atoms with Crippen LogP contribution >= 0.6 is 0 Å². The predicted molar refractivity (Wildman–Crippen MR) is 80.2 cm³/mol. The zero-order valence-electron chi connectivity index (χ0n) is 11.9. The Morgan fingerprint density at radius 2 is 2.19 bits per heavy atom. The van der Waals surface area contributed by atoms with E-state index in [4.69, 9.17) is 4.74 Å². The SMILES string of the molecule is O=C(Nc1cnn(CC2CCCCO2)c1)c1ccccc1. The van der Waals surface area contributed by atoms with Gasteiger partial charge in [0.05, 0.1) is 24.5 Å². The van der Waals surface area contributed by atoms with Crippen LogP contribution in [0, 0.1) is 0 Å². The first-order valence-corrected chi connectivity index (χ1v) is 7.32. The Bertz CT molecular complexity index is 589. The normalized spacial score (nSPS) is 18.4. The Labute approximate surface area is 123 Å².